The van der Waals surface area contributed by atoms with Gasteiger partial charge in [-0.15, -0.1) is 11.3 Å². The van der Waals surface area contributed by atoms with Gasteiger partial charge in [-0.25, -0.2) is 4.98 Å². The Balaban J connectivity index is 1.59. The quantitative estimate of drug-likeness (QED) is 0.476. The van der Waals surface area contributed by atoms with Crippen LogP contribution in [0.1, 0.15) is 36.3 Å². The second-order valence-corrected chi connectivity index (χ2v) is 9.65. The van der Waals surface area contributed by atoms with Crippen LogP contribution in [0.5, 0.6) is 0 Å². The Morgan fingerprint density at radius 3 is 2.93 bits per heavy atom. The topological polar surface area (TPSA) is 64.0 Å². The van der Waals surface area contributed by atoms with Gasteiger partial charge in [-0.05, 0) is 56.2 Å². The number of hydrogen-bond donors (Lipinski definition) is 1. The smallest absolute Gasteiger partial charge is 0.263 e. The lowest BCUT2D eigenvalue weighted by atomic mass is 9.89. The number of aryl methyl sites for hydroxylation is 2. The number of amides is 1. The summed E-state index contributed by atoms with van der Waals surface area (Å²) in [7, 11) is 0. The van der Waals surface area contributed by atoms with Crippen LogP contribution in [0.3, 0.4) is 0 Å². The van der Waals surface area contributed by atoms with Gasteiger partial charge in [-0.2, -0.15) is 0 Å². The second kappa shape index (κ2) is 8.32. The molecule has 1 N–H and O–H groups in total. The summed E-state index contributed by atoms with van der Waals surface area (Å²) in [5.41, 5.74) is 3.08. The van der Waals surface area contributed by atoms with Crippen molar-refractivity contribution < 1.29 is 4.79 Å². The van der Waals surface area contributed by atoms with Crippen LogP contribution in [0.2, 0.25) is 0 Å². The number of para-hydroxylation sites is 1. The molecule has 0 aliphatic heterocycles. The molecule has 0 saturated carbocycles. The zero-order valence-corrected chi connectivity index (χ0v) is 18.6. The lowest BCUT2D eigenvalue weighted by Crippen LogP contribution is -2.24. The summed E-state index contributed by atoms with van der Waals surface area (Å²) in [6.07, 6.45) is 3.12. The van der Waals surface area contributed by atoms with Gasteiger partial charge in [0.2, 0.25) is 5.91 Å². The number of hydrogen-bond acceptors (Lipinski definition) is 5. The van der Waals surface area contributed by atoms with Crippen molar-refractivity contribution in [3.05, 3.63) is 50.6 Å². The van der Waals surface area contributed by atoms with E-state index in [0.29, 0.717) is 17.6 Å². The molecule has 1 aliphatic carbocycles. The van der Waals surface area contributed by atoms with Gasteiger partial charge >= 0.3 is 0 Å². The van der Waals surface area contributed by atoms with Crippen molar-refractivity contribution in [2.45, 2.75) is 51.7 Å². The normalized spacial score (nSPS) is 16.0. The summed E-state index contributed by atoms with van der Waals surface area (Å²) in [5.74, 6) is 0.776. The van der Waals surface area contributed by atoms with E-state index in [9.17, 15) is 9.59 Å². The summed E-state index contributed by atoms with van der Waals surface area (Å²) in [4.78, 5) is 32.6. The fourth-order valence-electron chi connectivity index (χ4n) is 3.82. The minimum Gasteiger partial charge on any atom is -0.325 e. The summed E-state index contributed by atoms with van der Waals surface area (Å²) < 4.78 is 1.71. The first kappa shape index (κ1) is 20.2. The monoisotopic (exact) mass is 427 g/mol. The standard InChI is InChI=1S/C22H25N3O2S2/c1-4-25-21(27)19-15-10-9-13(2)11-17(15)29-20(19)24-22(25)28-12-18(26)23-16-8-6-5-7-14(16)3/h5-8,13H,4,9-12H2,1-3H3,(H,23,26). The van der Waals surface area contributed by atoms with E-state index in [2.05, 4.69) is 12.2 Å². The molecule has 0 bridgehead atoms. The maximum Gasteiger partial charge on any atom is 0.263 e. The first-order valence-electron chi connectivity index (χ1n) is 10.0. The van der Waals surface area contributed by atoms with E-state index < -0.39 is 0 Å². The Hall–Kier alpha value is -2.12. The minimum atomic E-state index is -0.0967. The van der Waals surface area contributed by atoms with Crippen molar-refractivity contribution in [1.82, 2.24) is 9.55 Å². The molecular weight excluding hydrogens is 402 g/mol. The number of carbonyl (C=O) groups excluding carboxylic acids is 1. The summed E-state index contributed by atoms with van der Waals surface area (Å²) in [5, 5.41) is 4.36. The molecule has 2 heterocycles. The number of nitrogens with zero attached hydrogens (tertiary/aromatic N) is 2. The van der Waals surface area contributed by atoms with Gasteiger partial charge in [0, 0.05) is 17.1 Å². The first-order chi connectivity index (χ1) is 14.0. The van der Waals surface area contributed by atoms with E-state index in [1.54, 1.807) is 15.9 Å². The molecule has 3 aromatic rings. The summed E-state index contributed by atoms with van der Waals surface area (Å²) in [6, 6.07) is 7.70. The fraction of sp³-hybridized carbons (Fsp3) is 0.409. The Labute approximate surface area is 178 Å². The number of rotatable bonds is 5. The Kier molecular flexibility index (Phi) is 5.79. The molecule has 0 spiro atoms. The second-order valence-electron chi connectivity index (χ2n) is 7.63. The molecule has 1 unspecified atom stereocenters. The van der Waals surface area contributed by atoms with Crippen molar-refractivity contribution in [3.63, 3.8) is 0 Å². The van der Waals surface area contributed by atoms with E-state index >= 15 is 0 Å². The lowest BCUT2D eigenvalue weighted by Gasteiger charge is -2.17. The van der Waals surface area contributed by atoms with Crippen LogP contribution in [-0.4, -0.2) is 21.2 Å². The van der Waals surface area contributed by atoms with Gasteiger partial charge in [-0.1, -0.05) is 36.9 Å². The summed E-state index contributed by atoms with van der Waals surface area (Å²) >= 11 is 2.98. The van der Waals surface area contributed by atoms with E-state index in [-0.39, 0.29) is 17.2 Å². The molecule has 0 radical (unpaired) electrons. The predicted molar refractivity (Wildman–Crippen MR) is 121 cm³/mol. The van der Waals surface area contributed by atoms with Gasteiger partial charge in [-0.3, -0.25) is 14.2 Å². The Bertz CT molecular complexity index is 1130. The van der Waals surface area contributed by atoms with Crippen molar-refractivity contribution in [3.8, 4) is 0 Å². The van der Waals surface area contributed by atoms with E-state index in [0.717, 1.165) is 40.7 Å². The number of anilines is 1. The molecule has 1 amide bonds. The molecule has 2 aromatic heterocycles. The average molecular weight is 428 g/mol. The van der Waals surface area contributed by atoms with Crippen molar-refractivity contribution in [2.75, 3.05) is 11.1 Å². The maximum atomic E-state index is 13.2. The number of aromatic nitrogens is 2. The molecule has 1 aliphatic rings. The zero-order valence-electron chi connectivity index (χ0n) is 16.9. The van der Waals surface area contributed by atoms with Crippen molar-refractivity contribution in [1.29, 1.82) is 0 Å². The number of carbonyl (C=O) groups is 1. The average Bonchev–Trinajstić information content (AvgIpc) is 3.05. The van der Waals surface area contributed by atoms with Crippen molar-refractivity contribution in [2.24, 2.45) is 5.92 Å². The minimum absolute atomic E-state index is 0.0337. The predicted octanol–water partition coefficient (Wildman–Crippen LogP) is 4.64. The van der Waals surface area contributed by atoms with Crippen LogP contribution in [-0.2, 0) is 24.2 Å². The Morgan fingerprint density at radius 1 is 1.38 bits per heavy atom. The van der Waals surface area contributed by atoms with Crippen LogP contribution in [0.4, 0.5) is 5.69 Å². The maximum absolute atomic E-state index is 13.2. The molecule has 4 rings (SSSR count). The van der Waals surface area contributed by atoms with E-state index in [1.165, 1.54) is 22.2 Å². The zero-order chi connectivity index (χ0) is 20.5. The van der Waals surface area contributed by atoms with Gasteiger partial charge in [0.05, 0.1) is 11.1 Å². The number of thiophene rings is 1. The molecule has 1 atom stereocenters. The van der Waals surface area contributed by atoms with Crippen LogP contribution in [0, 0.1) is 12.8 Å². The van der Waals surface area contributed by atoms with Gasteiger partial charge < -0.3 is 5.32 Å². The van der Waals surface area contributed by atoms with E-state index in [1.807, 2.05) is 38.1 Å². The highest BCUT2D eigenvalue weighted by atomic mass is 32.2. The molecule has 7 heteroatoms. The number of nitrogens with one attached hydrogen (secondary N) is 1. The Morgan fingerprint density at radius 2 is 2.17 bits per heavy atom. The number of benzene rings is 1. The molecular formula is C22H25N3O2S2. The summed E-state index contributed by atoms with van der Waals surface area (Å²) in [6.45, 7) is 6.73. The molecule has 5 nitrogen and oxygen atoms in total. The number of fused-ring (bicyclic) bond motifs is 3. The highest BCUT2D eigenvalue weighted by molar-refractivity contribution is 7.99. The lowest BCUT2D eigenvalue weighted by molar-refractivity contribution is -0.113. The van der Waals surface area contributed by atoms with Crippen LogP contribution < -0.4 is 10.9 Å². The van der Waals surface area contributed by atoms with Crippen LogP contribution in [0.15, 0.2) is 34.2 Å². The van der Waals surface area contributed by atoms with Crippen LogP contribution >= 0.6 is 23.1 Å². The van der Waals surface area contributed by atoms with E-state index in [4.69, 9.17) is 4.98 Å². The highest BCUT2D eigenvalue weighted by Crippen LogP contribution is 2.36. The van der Waals surface area contributed by atoms with Crippen LogP contribution in [0.25, 0.3) is 10.2 Å². The third-order valence-electron chi connectivity index (χ3n) is 5.45. The SMILES string of the molecule is CCn1c(SCC(=O)Nc2ccccc2C)nc2sc3c(c2c1=O)CCC(C)C3. The molecule has 29 heavy (non-hydrogen) atoms. The first-order valence-corrected chi connectivity index (χ1v) is 11.8. The molecule has 152 valence electrons. The fourth-order valence-corrected chi connectivity index (χ4v) is 6.11. The molecule has 1 aromatic carbocycles. The largest absolute Gasteiger partial charge is 0.325 e. The third-order valence-corrected chi connectivity index (χ3v) is 7.57. The van der Waals surface area contributed by atoms with Gasteiger partial charge in [0.1, 0.15) is 4.83 Å². The molecule has 0 saturated heterocycles. The van der Waals surface area contributed by atoms with Crippen molar-refractivity contribution >= 4 is 44.9 Å². The van der Waals surface area contributed by atoms with Gasteiger partial charge in [0.15, 0.2) is 5.16 Å². The van der Waals surface area contributed by atoms with Gasteiger partial charge in [0.25, 0.3) is 5.56 Å². The third kappa shape index (κ3) is 3.98. The number of thioether (sulfide) groups is 1. The highest BCUT2D eigenvalue weighted by Gasteiger charge is 2.24. The molecule has 0 fully saturated rings.